The Labute approximate surface area is 168 Å². The van der Waals surface area contributed by atoms with Gasteiger partial charge in [0.05, 0.1) is 15.6 Å². The van der Waals surface area contributed by atoms with Crippen molar-refractivity contribution in [2.24, 2.45) is 11.8 Å². The van der Waals surface area contributed by atoms with Gasteiger partial charge in [0.1, 0.15) is 0 Å². The van der Waals surface area contributed by atoms with Crippen molar-refractivity contribution in [1.29, 1.82) is 0 Å². The van der Waals surface area contributed by atoms with Crippen molar-refractivity contribution in [1.82, 2.24) is 16.2 Å². The molecule has 1 aliphatic carbocycles. The average Bonchev–Trinajstić information content (AvgIpc) is 2.59. The summed E-state index contributed by atoms with van der Waals surface area (Å²) < 4.78 is 0. The number of hydrogen-bond donors (Lipinski definition) is 4. The van der Waals surface area contributed by atoms with Crippen LogP contribution >= 0.6 is 36.0 Å². The third-order valence-electron chi connectivity index (χ3n) is 4.72. The van der Waals surface area contributed by atoms with Crippen LogP contribution in [0.2, 0.25) is 5.02 Å². The molecule has 3 atom stereocenters. The lowest BCUT2D eigenvalue weighted by molar-refractivity contribution is -0.384. The van der Waals surface area contributed by atoms with E-state index in [4.69, 9.17) is 36.0 Å². The first kappa shape index (κ1) is 20.6. The first-order valence-corrected chi connectivity index (χ1v) is 9.55. The van der Waals surface area contributed by atoms with Gasteiger partial charge < -0.3 is 10.6 Å². The molecule has 1 aromatic carbocycles. The minimum Gasteiger partial charge on any atom is -0.358 e. The monoisotopic (exact) mass is 415 g/mol. The van der Waals surface area contributed by atoms with Gasteiger partial charge in [-0.15, -0.1) is 0 Å². The van der Waals surface area contributed by atoms with Crippen molar-refractivity contribution >= 4 is 57.6 Å². The van der Waals surface area contributed by atoms with Gasteiger partial charge in [-0.25, -0.2) is 0 Å². The lowest BCUT2D eigenvalue weighted by Gasteiger charge is -2.35. The Kier molecular flexibility index (Phi) is 7.36. The number of nitro groups is 1. The molecule has 0 radical (unpaired) electrons. The van der Waals surface area contributed by atoms with Gasteiger partial charge in [-0.3, -0.25) is 21.0 Å². The van der Waals surface area contributed by atoms with Crippen molar-refractivity contribution in [3.8, 4) is 0 Å². The summed E-state index contributed by atoms with van der Waals surface area (Å²) in [5.41, 5.74) is 5.86. The van der Waals surface area contributed by atoms with Gasteiger partial charge in [0.2, 0.25) is 0 Å². The number of thiocarbonyl (C=S) groups is 2. The SMILES string of the molecule is C[C@@H]1[C@@H](C)CCC[C@H]1NC(=S)NNC(=S)Nc1cc([N+](=O)[O-])ccc1Cl. The first-order chi connectivity index (χ1) is 12.3. The van der Waals surface area contributed by atoms with Gasteiger partial charge in [0.15, 0.2) is 10.2 Å². The van der Waals surface area contributed by atoms with E-state index in [1.54, 1.807) is 0 Å². The molecule has 10 heteroatoms. The number of nitrogens with one attached hydrogen (secondary N) is 4. The van der Waals surface area contributed by atoms with Crippen molar-refractivity contribution < 1.29 is 4.92 Å². The van der Waals surface area contributed by atoms with E-state index in [-0.39, 0.29) is 10.8 Å². The molecule has 7 nitrogen and oxygen atoms in total. The number of non-ortho nitro benzene ring substituents is 1. The highest BCUT2D eigenvalue weighted by Gasteiger charge is 2.27. The number of nitro benzene ring substituents is 1. The lowest BCUT2D eigenvalue weighted by atomic mass is 9.78. The number of rotatable bonds is 3. The van der Waals surface area contributed by atoms with Gasteiger partial charge in [-0.05, 0) is 48.8 Å². The van der Waals surface area contributed by atoms with E-state index < -0.39 is 4.92 Å². The van der Waals surface area contributed by atoms with Crippen molar-refractivity contribution in [2.45, 2.75) is 39.2 Å². The number of nitrogens with zero attached hydrogens (tertiary/aromatic N) is 1. The Balaban J connectivity index is 1.84. The van der Waals surface area contributed by atoms with Crippen LogP contribution in [-0.4, -0.2) is 21.2 Å². The largest absolute Gasteiger partial charge is 0.358 e. The Morgan fingerprint density at radius 2 is 1.92 bits per heavy atom. The van der Waals surface area contributed by atoms with E-state index >= 15 is 0 Å². The van der Waals surface area contributed by atoms with Crippen LogP contribution in [0.4, 0.5) is 11.4 Å². The molecule has 1 aliphatic rings. The summed E-state index contributed by atoms with van der Waals surface area (Å²) in [6.45, 7) is 4.49. The van der Waals surface area contributed by atoms with Crippen LogP contribution in [0.1, 0.15) is 33.1 Å². The maximum Gasteiger partial charge on any atom is 0.271 e. The number of hydrazine groups is 1. The molecule has 0 saturated heterocycles. The molecule has 2 rings (SSSR count). The second-order valence-electron chi connectivity index (χ2n) is 6.47. The molecule has 26 heavy (non-hydrogen) atoms. The zero-order valence-corrected chi connectivity index (χ0v) is 16.9. The summed E-state index contributed by atoms with van der Waals surface area (Å²) in [5.74, 6) is 1.20. The summed E-state index contributed by atoms with van der Waals surface area (Å²) in [7, 11) is 0. The Morgan fingerprint density at radius 1 is 1.23 bits per heavy atom. The molecule has 1 saturated carbocycles. The zero-order valence-electron chi connectivity index (χ0n) is 14.5. The van der Waals surface area contributed by atoms with Crippen molar-refractivity contribution in [3.05, 3.63) is 33.3 Å². The molecule has 1 aromatic rings. The first-order valence-electron chi connectivity index (χ1n) is 8.35. The molecule has 0 unspecified atom stereocenters. The minimum absolute atomic E-state index is 0.0785. The van der Waals surface area contributed by atoms with Crippen LogP contribution < -0.4 is 21.5 Å². The minimum atomic E-state index is -0.498. The highest BCUT2D eigenvalue weighted by atomic mass is 35.5. The van der Waals surface area contributed by atoms with E-state index in [0.29, 0.717) is 33.7 Å². The topological polar surface area (TPSA) is 91.3 Å². The lowest BCUT2D eigenvalue weighted by Crippen LogP contribution is -2.53. The van der Waals surface area contributed by atoms with Gasteiger partial charge in [-0.2, -0.15) is 0 Å². The van der Waals surface area contributed by atoms with Gasteiger partial charge >= 0.3 is 0 Å². The van der Waals surface area contributed by atoms with Crippen LogP contribution in [0, 0.1) is 22.0 Å². The molecule has 0 aromatic heterocycles. The Bertz CT molecular complexity index is 703. The Hall–Kier alpha value is -1.71. The molecule has 1 fully saturated rings. The second-order valence-corrected chi connectivity index (χ2v) is 7.70. The second kappa shape index (κ2) is 9.29. The fraction of sp³-hybridized carbons (Fsp3) is 0.500. The van der Waals surface area contributed by atoms with Gasteiger partial charge in [0, 0.05) is 18.2 Å². The number of halogens is 1. The predicted octanol–water partition coefficient (Wildman–Crippen LogP) is 3.74. The molecule has 0 spiro atoms. The summed E-state index contributed by atoms with van der Waals surface area (Å²) in [6.07, 6.45) is 3.51. The van der Waals surface area contributed by atoms with Crippen LogP contribution in [-0.2, 0) is 0 Å². The Morgan fingerprint density at radius 3 is 2.62 bits per heavy atom. The maximum atomic E-state index is 10.9. The van der Waals surface area contributed by atoms with Crippen LogP contribution in [0.15, 0.2) is 18.2 Å². The average molecular weight is 416 g/mol. The van der Waals surface area contributed by atoms with E-state index in [1.165, 1.54) is 31.0 Å². The van der Waals surface area contributed by atoms with Gasteiger partial charge in [0.25, 0.3) is 5.69 Å². The normalized spacial score (nSPS) is 22.2. The molecule has 142 valence electrons. The zero-order chi connectivity index (χ0) is 19.3. The summed E-state index contributed by atoms with van der Waals surface area (Å²) in [4.78, 5) is 10.4. The molecule has 0 aliphatic heterocycles. The van der Waals surface area contributed by atoms with E-state index in [0.717, 1.165) is 6.42 Å². The smallest absolute Gasteiger partial charge is 0.271 e. The highest BCUT2D eigenvalue weighted by molar-refractivity contribution is 7.80. The van der Waals surface area contributed by atoms with Crippen LogP contribution in [0.5, 0.6) is 0 Å². The van der Waals surface area contributed by atoms with Crippen LogP contribution in [0.25, 0.3) is 0 Å². The summed E-state index contributed by atoms with van der Waals surface area (Å²) in [6, 6.07) is 4.41. The van der Waals surface area contributed by atoms with Crippen LogP contribution in [0.3, 0.4) is 0 Å². The fourth-order valence-electron chi connectivity index (χ4n) is 2.98. The van der Waals surface area contributed by atoms with E-state index in [1.807, 2.05) is 0 Å². The molecular weight excluding hydrogens is 394 g/mol. The number of anilines is 1. The molecular formula is C16H22ClN5O2S2. The molecule has 0 heterocycles. The third-order valence-corrected chi connectivity index (χ3v) is 5.48. The van der Waals surface area contributed by atoms with E-state index in [2.05, 4.69) is 35.3 Å². The van der Waals surface area contributed by atoms with E-state index in [9.17, 15) is 10.1 Å². The van der Waals surface area contributed by atoms with Crippen molar-refractivity contribution in [3.63, 3.8) is 0 Å². The summed E-state index contributed by atoms with van der Waals surface area (Å²) in [5, 5.41) is 17.9. The number of benzene rings is 1. The standard InChI is InChI=1S/C16H22ClN5O2S2/c1-9-4-3-5-13(10(9)2)18-15(25)20-21-16(26)19-14-8-11(22(23)24)6-7-12(14)17/h6-10,13H,3-5H2,1-2H3,(H2,18,20,25)(H2,19,21,26)/t9-,10+,13+/m0/s1. The maximum absolute atomic E-state index is 10.9. The predicted molar refractivity (Wildman–Crippen MR) is 112 cm³/mol. The quantitative estimate of drug-likeness (QED) is 0.337. The van der Waals surface area contributed by atoms with Gasteiger partial charge in [-0.1, -0.05) is 38.3 Å². The third kappa shape index (κ3) is 5.65. The van der Waals surface area contributed by atoms with Crippen molar-refractivity contribution in [2.75, 3.05) is 5.32 Å². The summed E-state index contributed by atoms with van der Waals surface area (Å²) >= 11 is 16.5. The molecule has 0 amide bonds. The highest BCUT2D eigenvalue weighted by Crippen LogP contribution is 2.29. The molecule has 4 N–H and O–H groups in total. The fourth-order valence-corrected chi connectivity index (χ4v) is 3.51. The molecule has 0 bridgehead atoms. The number of hydrogen-bond acceptors (Lipinski definition) is 4.